The van der Waals surface area contributed by atoms with Crippen LogP contribution >= 0.6 is 31.9 Å². The zero-order valence-electron chi connectivity index (χ0n) is 14.5. The Morgan fingerprint density at radius 2 is 1.85 bits per heavy atom. The summed E-state index contributed by atoms with van der Waals surface area (Å²) in [5, 5.41) is 12.6. The third-order valence-electron chi connectivity index (χ3n) is 4.12. The summed E-state index contributed by atoms with van der Waals surface area (Å²) in [4.78, 5) is 26.1. The number of rotatable bonds is 4. The SMILES string of the molecule is COc1cc(/C=C2/NC(=O)N(Cc3ccc(C)cc3)C2=O)c(Br)c(Br)c1O. The van der Waals surface area contributed by atoms with Gasteiger partial charge in [0.1, 0.15) is 5.70 Å². The number of urea groups is 1. The summed E-state index contributed by atoms with van der Waals surface area (Å²) in [5.74, 6) is -0.241. The van der Waals surface area contributed by atoms with Gasteiger partial charge in [-0.1, -0.05) is 29.8 Å². The largest absolute Gasteiger partial charge is 0.503 e. The number of hydrogen-bond donors (Lipinski definition) is 2. The molecule has 1 fully saturated rings. The highest BCUT2D eigenvalue weighted by molar-refractivity contribution is 9.13. The fourth-order valence-corrected chi connectivity index (χ4v) is 3.46. The van der Waals surface area contributed by atoms with Gasteiger partial charge >= 0.3 is 6.03 Å². The second kappa shape index (κ2) is 7.74. The Morgan fingerprint density at radius 1 is 1.19 bits per heavy atom. The maximum atomic E-state index is 12.7. The molecule has 3 amide bonds. The van der Waals surface area contributed by atoms with Crippen molar-refractivity contribution in [2.45, 2.75) is 13.5 Å². The first kappa shape index (κ1) is 19.4. The van der Waals surface area contributed by atoms with Crippen LogP contribution in [0.1, 0.15) is 16.7 Å². The number of nitrogens with one attached hydrogen (secondary N) is 1. The molecule has 3 rings (SSSR count). The molecule has 1 saturated heterocycles. The van der Waals surface area contributed by atoms with E-state index in [0.717, 1.165) is 16.0 Å². The summed E-state index contributed by atoms with van der Waals surface area (Å²) < 4.78 is 6.06. The van der Waals surface area contributed by atoms with Crippen LogP contribution in [-0.2, 0) is 11.3 Å². The average molecular weight is 496 g/mol. The van der Waals surface area contributed by atoms with E-state index in [1.165, 1.54) is 13.2 Å². The second-order valence-electron chi connectivity index (χ2n) is 6.01. The van der Waals surface area contributed by atoms with Gasteiger partial charge in [0.2, 0.25) is 0 Å². The molecule has 1 heterocycles. The summed E-state index contributed by atoms with van der Waals surface area (Å²) in [5.41, 5.74) is 2.68. The van der Waals surface area contributed by atoms with Gasteiger partial charge in [-0.15, -0.1) is 0 Å². The van der Waals surface area contributed by atoms with Crippen molar-refractivity contribution in [2.75, 3.05) is 7.11 Å². The van der Waals surface area contributed by atoms with Crippen LogP contribution < -0.4 is 10.1 Å². The molecular weight excluding hydrogens is 480 g/mol. The number of methoxy groups -OCH3 is 1. The molecule has 0 saturated carbocycles. The van der Waals surface area contributed by atoms with Crippen LogP contribution in [0.5, 0.6) is 11.5 Å². The maximum Gasteiger partial charge on any atom is 0.329 e. The summed E-state index contributed by atoms with van der Waals surface area (Å²) in [6.07, 6.45) is 1.53. The number of halogens is 2. The fraction of sp³-hybridized carbons (Fsp3) is 0.158. The van der Waals surface area contributed by atoms with Crippen molar-refractivity contribution in [3.63, 3.8) is 0 Å². The second-order valence-corrected chi connectivity index (χ2v) is 7.60. The van der Waals surface area contributed by atoms with Crippen molar-refractivity contribution in [3.8, 4) is 11.5 Å². The molecule has 0 aromatic heterocycles. The first-order chi connectivity index (χ1) is 12.8. The fourth-order valence-electron chi connectivity index (χ4n) is 2.62. The number of phenolic OH excluding ortho intramolecular Hbond substituents is 1. The number of hydrogen-bond acceptors (Lipinski definition) is 4. The molecule has 1 aliphatic heterocycles. The lowest BCUT2D eigenvalue weighted by Gasteiger charge is -2.12. The highest BCUT2D eigenvalue weighted by atomic mass is 79.9. The van der Waals surface area contributed by atoms with E-state index in [9.17, 15) is 14.7 Å². The van der Waals surface area contributed by atoms with Crippen molar-refractivity contribution in [2.24, 2.45) is 0 Å². The van der Waals surface area contributed by atoms with Crippen LogP contribution in [-0.4, -0.2) is 29.1 Å². The van der Waals surface area contributed by atoms with Crippen molar-refractivity contribution in [3.05, 3.63) is 61.7 Å². The van der Waals surface area contributed by atoms with Gasteiger partial charge in [0, 0.05) is 4.47 Å². The van der Waals surface area contributed by atoms with Gasteiger partial charge in [-0.3, -0.25) is 9.69 Å². The standard InChI is InChI=1S/C19H16Br2N2O4/c1-10-3-5-11(6-4-10)9-23-18(25)13(22-19(23)26)7-12-8-14(27-2)17(24)16(21)15(12)20/h3-8,24H,9H2,1-2H3,(H,22,26)/b13-7+. The zero-order chi connectivity index (χ0) is 19.7. The number of aromatic hydroxyl groups is 1. The lowest BCUT2D eigenvalue weighted by atomic mass is 10.1. The van der Waals surface area contributed by atoms with Crippen LogP contribution in [0.2, 0.25) is 0 Å². The smallest absolute Gasteiger partial charge is 0.329 e. The van der Waals surface area contributed by atoms with E-state index in [4.69, 9.17) is 4.74 Å². The number of benzene rings is 2. The van der Waals surface area contributed by atoms with Gasteiger partial charge in [-0.25, -0.2) is 4.79 Å². The molecule has 0 unspecified atom stereocenters. The molecule has 0 spiro atoms. The third kappa shape index (κ3) is 3.86. The molecule has 6 nitrogen and oxygen atoms in total. The number of nitrogens with zero attached hydrogens (tertiary/aromatic N) is 1. The minimum absolute atomic E-state index is 0.0608. The highest BCUT2D eigenvalue weighted by Gasteiger charge is 2.33. The Labute approximate surface area is 173 Å². The summed E-state index contributed by atoms with van der Waals surface area (Å²) in [6, 6.07) is 8.72. The van der Waals surface area contributed by atoms with Crippen molar-refractivity contribution in [1.29, 1.82) is 0 Å². The van der Waals surface area contributed by atoms with Gasteiger partial charge < -0.3 is 15.2 Å². The lowest BCUT2D eigenvalue weighted by Crippen LogP contribution is -2.30. The predicted molar refractivity (Wildman–Crippen MR) is 108 cm³/mol. The monoisotopic (exact) mass is 494 g/mol. The topological polar surface area (TPSA) is 78.9 Å². The van der Waals surface area contributed by atoms with Crippen LogP contribution in [0.25, 0.3) is 6.08 Å². The van der Waals surface area contributed by atoms with Crippen LogP contribution in [0.15, 0.2) is 45.0 Å². The molecule has 0 atom stereocenters. The van der Waals surface area contributed by atoms with E-state index in [2.05, 4.69) is 37.2 Å². The molecule has 0 bridgehead atoms. The molecule has 140 valence electrons. The number of aryl methyl sites for hydroxylation is 1. The minimum atomic E-state index is -0.479. The van der Waals surface area contributed by atoms with Gasteiger partial charge in [0.05, 0.1) is 18.1 Å². The van der Waals surface area contributed by atoms with E-state index in [0.29, 0.717) is 14.5 Å². The zero-order valence-corrected chi connectivity index (χ0v) is 17.7. The van der Waals surface area contributed by atoms with E-state index in [-0.39, 0.29) is 23.7 Å². The summed E-state index contributed by atoms with van der Waals surface area (Å²) >= 11 is 6.64. The lowest BCUT2D eigenvalue weighted by molar-refractivity contribution is -0.123. The minimum Gasteiger partial charge on any atom is -0.503 e. The normalized spacial score (nSPS) is 15.4. The molecule has 2 aromatic rings. The van der Waals surface area contributed by atoms with Gasteiger partial charge in [0.15, 0.2) is 11.5 Å². The van der Waals surface area contributed by atoms with Crippen molar-refractivity contribution >= 4 is 49.9 Å². The molecule has 0 aliphatic carbocycles. The third-order valence-corrected chi connectivity index (χ3v) is 6.28. The highest BCUT2D eigenvalue weighted by Crippen LogP contribution is 2.42. The number of phenols is 1. The Morgan fingerprint density at radius 3 is 2.48 bits per heavy atom. The number of carbonyl (C=O) groups excluding carboxylic acids is 2. The predicted octanol–water partition coefficient (Wildman–Crippen LogP) is 4.33. The van der Waals surface area contributed by atoms with Crippen molar-refractivity contribution < 1.29 is 19.4 Å². The molecule has 8 heteroatoms. The van der Waals surface area contributed by atoms with Crippen LogP contribution in [0.4, 0.5) is 4.79 Å². The van der Waals surface area contributed by atoms with Crippen molar-refractivity contribution in [1.82, 2.24) is 10.2 Å². The summed E-state index contributed by atoms with van der Waals surface area (Å²) in [7, 11) is 1.43. The van der Waals surface area contributed by atoms with E-state index in [1.807, 2.05) is 31.2 Å². The quantitative estimate of drug-likeness (QED) is 0.488. The molecule has 2 N–H and O–H groups in total. The Bertz CT molecular complexity index is 955. The van der Waals surface area contributed by atoms with Crippen LogP contribution in [0, 0.1) is 6.92 Å². The Kier molecular flexibility index (Phi) is 5.57. The molecule has 27 heavy (non-hydrogen) atoms. The van der Waals surface area contributed by atoms with Gasteiger partial charge in [-0.05, 0) is 62.1 Å². The average Bonchev–Trinajstić information content (AvgIpc) is 2.91. The molecule has 1 aliphatic rings. The van der Waals surface area contributed by atoms with E-state index < -0.39 is 11.9 Å². The number of imide groups is 1. The van der Waals surface area contributed by atoms with Crippen LogP contribution in [0.3, 0.4) is 0 Å². The molecule has 0 radical (unpaired) electrons. The Hall–Kier alpha value is -2.32. The number of amides is 3. The van der Waals surface area contributed by atoms with Gasteiger partial charge in [-0.2, -0.15) is 0 Å². The Balaban J connectivity index is 1.90. The first-order valence-electron chi connectivity index (χ1n) is 7.97. The molecular formula is C19H16Br2N2O4. The maximum absolute atomic E-state index is 12.7. The number of carbonyl (C=O) groups is 2. The van der Waals surface area contributed by atoms with E-state index >= 15 is 0 Å². The first-order valence-corrected chi connectivity index (χ1v) is 9.55. The summed E-state index contributed by atoms with van der Waals surface area (Å²) in [6.45, 7) is 2.16. The number of ether oxygens (including phenoxy) is 1. The van der Waals surface area contributed by atoms with E-state index in [1.54, 1.807) is 6.07 Å². The van der Waals surface area contributed by atoms with Gasteiger partial charge in [0.25, 0.3) is 5.91 Å². The molecule has 2 aromatic carbocycles.